The third-order valence-electron chi connectivity index (χ3n) is 3.34. The molecule has 0 bridgehead atoms. The van der Waals surface area contributed by atoms with Gasteiger partial charge in [-0.2, -0.15) is 5.10 Å². The van der Waals surface area contributed by atoms with Gasteiger partial charge in [0.25, 0.3) is 11.8 Å². The number of carbonyl (C=O) groups is 2. The number of hydrogen-bond donors (Lipinski definition) is 2. The molecule has 0 radical (unpaired) electrons. The van der Waals surface area contributed by atoms with Crippen LogP contribution in [0.1, 0.15) is 15.9 Å². The Morgan fingerprint density at radius 1 is 1.12 bits per heavy atom. The first-order chi connectivity index (χ1) is 12.0. The van der Waals surface area contributed by atoms with E-state index in [9.17, 15) is 9.59 Å². The van der Waals surface area contributed by atoms with Crippen molar-refractivity contribution in [3.8, 4) is 0 Å². The second-order valence-corrected chi connectivity index (χ2v) is 6.60. The van der Waals surface area contributed by atoms with Crippen LogP contribution in [0.25, 0.3) is 0 Å². The van der Waals surface area contributed by atoms with Gasteiger partial charge in [-0.15, -0.1) is 0 Å². The summed E-state index contributed by atoms with van der Waals surface area (Å²) >= 11 is 2.08. The number of hydrazone groups is 1. The molecule has 0 fully saturated rings. The number of carbonyl (C=O) groups excluding carboxylic acids is 2. The first-order valence-corrected chi connectivity index (χ1v) is 8.67. The Morgan fingerprint density at radius 3 is 2.44 bits per heavy atom. The van der Waals surface area contributed by atoms with Gasteiger partial charge in [-0.1, -0.05) is 24.3 Å². The predicted molar refractivity (Wildman–Crippen MR) is 108 cm³/mol. The van der Waals surface area contributed by atoms with Crippen LogP contribution in [0, 0.1) is 3.57 Å². The average Bonchev–Trinajstić information content (AvgIpc) is 2.60. The first kappa shape index (κ1) is 18.9. The van der Waals surface area contributed by atoms with E-state index in [-0.39, 0.29) is 18.4 Å². The van der Waals surface area contributed by atoms with Gasteiger partial charge in [0.1, 0.15) is 0 Å². The van der Waals surface area contributed by atoms with Crippen LogP contribution in [0.3, 0.4) is 0 Å². The summed E-state index contributed by atoms with van der Waals surface area (Å²) in [5.74, 6) is -0.677. The fourth-order valence-corrected chi connectivity index (χ4v) is 2.61. The van der Waals surface area contributed by atoms with Crippen LogP contribution in [0.4, 0.5) is 5.69 Å². The smallest absolute Gasteiger partial charge is 0.259 e. The molecule has 2 aromatic carbocycles. The summed E-state index contributed by atoms with van der Waals surface area (Å²) in [5, 5.41) is 6.47. The second kappa shape index (κ2) is 9.16. The molecule has 0 saturated carbocycles. The van der Waals surface area contributed by atoms with Gasteiger partial charge in [-0.25, -0.2) is 5.43 Å². The molecule has 25 heavy (non-hydrogen) atoms. The monoisotopic (exact) mass is 450 g/mol. The minimum absolute atomic E-state index is 0.138. The summed E-state index contributed by atoms with van der Waals surface area (Å²) in [6.45, 7) is -0.138. The van der Waals surface area contributed by atoms with Crippen molar-refractivity contribution in [3.05, 3.63) is 63.2 Å². The van der Waals surface area contributed by atoms with Crippen LogP contribution < -0.4 is 15.6 Å². The van der Waals surface area contributed by atoms with Gasteiger partial charge >= 0.3 is 0 Å². The normalized spacial score (nSPS) is 10.5. The van der Waals surface area contributed by atoms with Gasteiger partial charge in [-0.05, 0) is 52.4 Å². The Morgan fingerprint density at radius 2 is 1.80 bits per heavy atom. The molecule has 0 spiro atoms. The molecule has 7 heteroatoms. The summed E-state index contributed by atoms with van der Waals surface area (Å²) in [6.07, 6.45) is 1.55. The molecule has 0 heterocycles. The molecular formula is C18H19IN4O2. The lowest BCUT2D eigenvalue weighted by molar-refractivity contribution is -0.120. The van der Waals surface area contributed by atoms with Gasteiger partial charge in [0.15, 0.2) is 0 Å². The van der Waals surface area contributed by atoms with Crippen LogP contribution in [0.2, 0.25) is 0 Å². The van der Waals surface area contributed by atoms with Crippen molar-refractivity contribution in [3.63, 3.8) is 0 Å². The molecule has 0 aliphatic heterocycles. The van der Waals surface area contributed by atoms with Crippen LogP contribution >= 0.6 is 22.6 Å². The average molecular weight is 450 g/mol. The third-order valence-corrected chi connectivity index (χ3v) is 4.28. The second-order valence-electron chi connectivity index (χ2n) is 5.44. The van der Waals surface area contributed by atoms with Gasteiger partial charge in [0.2, 0.25) is 0 Å². The SMILES string of the molecule is CN(C)c1ccc(/C=N/NC(=O)CNC(=O)c2ccccc2I)cc1. The lowest BCUT2D eigenvalue weighted by atomic mass is 10.2. The van der Waals surface area contributed by atoms with Crippen molar-refractivity contribution in [1.82, 2.24) is 10.7 Å². The molecule has 0 atom stereocenters. The van der Waals surface area contributed by atoms with E-state index in [1.54, 1.807) is 18.3 Å². The number of benzene rings is 2. The molecule has 2 rings (SSSR count). The molecule has 0 aliphatic rings. The van der Waals surface area contributed by atoms with Gasteiger partial charge in [-0.3, -0.25) is 9.59 Å². The predicted octanol–water partition coefficient (Wildman–Crippen LogP) is 2.24. The largest absolute Gasteiger partial charge is 0.378 e. The number of halogens is 1. The van der Waals surface area contributed by atoms with E-state index in [4.69, 9.17) is 0 Å². The first-order valence-electron chi connectivity index (χ1n) is 7.59. The zero-order chi connectivity index (χ0) is 18.2. The number of nitrogens with zero attached hydrogens (tertiary/aromatic N) is 2. The number of nitrogens with one attached hydrogen (secondary N) is 2. The van der Waals surface area contributed by atoms with E-state index in [1.807, 2.05) is 55.4 Å². The Kier molecular flexibility index (Phi) is 6.93. The standard InChI is InChI=1S/C18H19IN4O2/c1-23(2)14-9-7-13(8-10-14)11-21-22-17(24)12-20-18(25)15-5-3-4-6-16(15)19/h3-11H,12H2,1-2H3,(H,20,25)(H,22,24)/b21-11+. The fourth-order valence-electron chi connectivity index (χ4n) is 1.98. The minimum Gasteiger partial charge on any atom is -0.378 e. The van der Waals surface area contributed by atoms with E-state index in [2.05, 4.69) is 38.4 Å². The summed E-state index contributed by atoms with van der Waals surface area (Å²) in [5.41, 5.74) is 4.89. The summed E-state index contributed by atoms with van der Waals surface area (Å²) in [4.78, 5) is 25.8. The van der Waals surface area contributed by atoms with Crippen LogP contribution in [-0.2, 0) is 4.79 Å². The number of rotatable bonds is 6. The molecular weight excluding hydrogens is 431 g/mol. The van der Waals surface area contributed by atoms with Gasteiger partial charge < -0.3 is 10.2 Å². The Balaban J connectivity index is 1.80. The molecule has 0 aromatic heterocycles. The highest BCUT2D eigenvalue weighted by Crippen LogP contribution is 2.11. The van der Waals surface area contributed by atoms with Gasteiger partial charge in [0, 0.05) is 23.4 Å². The van der Waals surface area contributed by atoms with Crippen LogP contribution in [-0.4, -0.2) is 38.7 Å². The zero-order valence-corrected chi connectivity index (χ0v) is 16.1. The van der Waals surface area contributed by atoms with E-state index in [0.29, 0.717) is 5.56 Å². The molecule has 130 valence electrons. The van der Waals surface area contributed by atoms with Crippen LogP contribution in [0.5, 0.6) is 0 Å². The van der Waals surface area contributed by atoms with Crippen molar-refractivity contribution in [2.45, 2.75) is 0 Å². The van der Waals surface area contributed by atoms with Crippen molar-refractivity contribution in [2.24, 2.45) is 5.10 Å². The van der Waals surface area contributed by atoms with Crippen molar-refractivity contribution in [2.75, 3.05) is 25.5 Å². The quantitative estimate of drug-likeness (QED) is 0.403. The molecule has 2 N–H and O–H groups in total. The van der Waals surface area contributed by atoms with Gasteiger partial charge in [0.05, 0.1) is 18.3 Å². The Labute approximate surface area is 160 Å². The molecule has 2 aromatic rings. The molecule has 6 nitrogen and oxygen atoms in total. The van der Waals surface area contributed by atoms with E-state index in [0.717, 1.165) is 14.8 Å². The fraction of sp³-hybridized carbons (Fsp3) is 0.167. The molecule has 0 aliphatic carbocycles. The Hall–Kier alpha value is -2.42. The maximum atomic E-state index is 12.0. The van der Waals surface area contributed by atoms with Crippen molar-refractivity contribution in [1.29, 1.82) is 0 Å². The lowest BCUT2D eigenvalue weighted by Gasteiger charge is -2.11. The van der Waals surface area contributed by atoms with Crippen molar-refractivity contribution < 1.29 is 9.59 Å². The summed E-state index contributed by atoms with van der Waals surface area (Å²) in [7, 11) is 3.93. The lowest BCUT2D eigenvalue weighted by Crippen LogP contribution is -2.35. The summed E-state index contributed by atoms with van der Waals surface area (Å²) < 4.78 is 0.831. The van der Waals surface area contributed by atoms with Crippen molar-refractivity contribution >= 4 is 46.3 Å². The third kappa shape index (κ3) is 5.86. The highest BCUT2D eigenvalue weighted by molar-refractivity contribution is 14.1. The van der Waals surface area contributed by atoms with E-state index >= 15 is 0 Å². The number of hydrogen-bond acceptors (Lipinski definition) is 4. The zero-order valence-electron chi connectivity index (χ0n) is 14.0. The van der Waals surface area contributed by atoms with E-state index < -0.39 is 0 Å². The molecule has 2 amide bonds. The maximum absolute atomic E-state index is 12.0. The topological polar surface area (TPSA) is 73.8 Å². The van der Waals surface area contributed by atoms with Crippen LogP contribution in [0.15, 0.2) is 53.6 Å². The minimum atomic E-state index is -0.388. The molecule has 0 saturated heterocycles. The molecule has 0 unspecified atom stereocenters. The highest BCUT2D eigenvalue weighted by atomic mass is 127. The Bertz CT molecular complexity index is 773. The number of anilines is 1. The number of amides is 2. The maximum Gasteiger partial charge on any atom is 0.259 e. The highest BCUT2D eigenvalue weighted by Gasteiger charge is 2.10. The summed E-state index contributed by atoms with van der Waals surface area (Å²) in [6, 6.07) is 14.9. The van der Waals surface area contributed by atoms with E-state index in [1.165, 1.54) is 0 Å².